The van der Waals surface area contributed by atoms with Crippen LogP contribution in [0.15, 0.2) is 18.2 Å². The van der Waals surface area contributed by atoms with Gasteiger partial charge in [-0.15, -0.1) is 0 Å². The highest BCUT2D eigenvalue weighted by Gasteiger charge is 2.23. The number of urea groups is 1. The van der Waals surface area contributed by atoms with E-state index in [9.17, 15) is 18.8 Å². The Morgan fingerprint density at radius 3 is 2.45 bits per heavy atom. The van der Waals surface area contributed by atoms with E-state index >= 15 is 0 Å². The molecule has 8 heteroatoms. The van der Waals surface area contributed by atoms with Crippen LogP contribution in [0, 0.1) is 12.7 Å². The van der Waals surface area contributed by atoms with Gasteiger partial charge in [-0.2, -0.15) is 0 Å². The second-order valence-corrected chi connectivity index (χ2v) is 4.05. The molecule has 20 heavy (non-hydrogen) atoms. The van der Waals surface area contributed by atoms with Crippen LogP contribution in [0.2, 0.25) is 0 Å². The minimum Gasteiger partial charge on any atom is -0.481 e. The topological polar surface area (TPSA) is 116 Å². The van der Waals surface area contributed by atoms with Crippen molar-refractivity contribution in [1.29, 1.82) is 0 Å². The van der Waals surface area contributed by atoms with E-state index in [4.69, 9.17) is 10.2 Å². The van der Waals surface area contributed by atoms with Crippen molar-refractivity contribution >= 4 is 23.7 Å². The number of amides is 2. The van der Waals surface area contributed by atoms with Crippen LogP contribution in [0.1, 0.15) is 12.0 Å². The van der Waals surface area contributed by atoms with Gasteiger partial charge in [0.2, 0.25) is 0 Å². The third kappa shape index (κ3) is 4.56. The summed E-state index contributed by atoms with van der Waals surface area (Å²) in [6, 6.07) is 1.45. The average molecular weight is 284 g/mol. The molecule has 0 aliphatic carbocycles. The Morgan fingerprint density at radius 1 is 1.30 bits per heavy atom. The van der Waals surface area contributed by atoms with Crippen LogP contribution in [0.3, 0.4) is 0 Å². The highest BCUT2D eigenvalue weighted by molar-refractivity contribution is 5.93. The van der Waals surface area contributed by atoms with Crippen molar-refractivity contribution in [3.05, 3.63) is 29.6 Å². The monoisotopic (exact) mass is 284 g/mol. The van der Waals surface area contributed by atoms with E-state index in [0.717, 1.165) is 6.07 Å². The number of benzene rings is 1. The minimum absolute atomic E-state index is 0.130. The maximum Gasteiger partial charge on any atom is 0.326 e. The van der Waals surface area contributed by atoms with Gasteiger partial charge >= 0.3 is 18.0 Å². The lowest BCUT2D eigenvalue weighted by Gasteiger charge is -2.13. The molecule has 7 nitrogen and oxygen atoms in total. The van der Waals surface area contributed by atoms with Gasteiger partial charge in [0.1, 0.15) is 11.9 Å². The molecule has 0 saturated carbocycles. The summed E-state index contributed by atoms with van der Waals surface area (Å²) in [5, 5.41) is 21.5. The molecule has 0 heterocycles. The van der Waals surface area contributed by atoms with E-state index in [1.807, 2.05) is 5.32 Å². The van der Waals surface area contributed by atoms with Gasteiger partial charge in [0, 0.05) is 5.69 Å². The van der Waals surface area contributed by atoms with Gasteiger partial charge in [-0.25, -0.2) is 14.0 Å². The molecule has 0 aromatic heterocycles. The van der Waals surface area contributed by atoms with Crippen LogP contribution in [0.4, 0.5) is 14.9 Å². The Balaban J connectivity index is 2.67. The minimum atomic E-state index is -1.57. The summed E-state index contributed by atoms with van der Waals surface area (Å²) in [5.41, 5.74) is 0.523. The van der Waals surface area contributed by atoms with E-state index in [-0.39, 0.29) is 5.69 Å². The fourth-order valence-corrected chi connectivity index (χ4v) is 1.37. The number of anilines is 1. The number of nitrogens with one attached hydrogen (secondary N) is 2. The van der Waals surface area contributed by atoms with Crippen LogP contribution in [0.25, 0.3) is 0 Å². The highest BCUT2D eigenvalue weighted by atomic mass is 19.1. The quantitative estimate of drug-likeness (QED) is 0.648. The van der Waals surface area contributed by atoms with Crippen LogP contribution in [-0.2, 0) is 9.59 Å². The highest BCUT2D eigenvalue weighted by Crippen LogP contribution is 2.13. The zero-order valence-electron chi connectivity index (χ0n) is 10.5. The van der Waals surface area contributed by atoms with E-state index in [1.165, 1.54) is 12.1 Å². The molecule has 108 valence electrons. The molecular weight excluding hydrogens is 271 g/mol. The maximum atomic E-state index is 13.2. The van der Waals surface area contributed by atoms with Gasteiger partial charge < -0.3 is 20.8 Å². The number of halogens is 1. The van der Waals surface area contributed by atoms with Crippen molar-refractivity contribution < 1.29 is 29.0 Å². The van der Waals surface area contributed by atoms with Crippen molar-refractivity contribution in [3.8, 4) is 0 Å². The SMILES string of the molecule is Cc1ccc(NC(=O)NC(CC(=O)O)C(=O)O)cc1F. The predicted molar refractivity (Wildman–Crippen MR) is 67.0 cm³/mol. The summed E-state index contributed by atoms with van der Waals surface area (Å²) in [4.78, 5) is 32.7. The Bertz CT molecular complexity index is 547. The molecular formula is C12H13FN2O5. The first-order chi connectivity index (χ1) is 9.29. The lowest BCUT2D eigenvalue weighted by molar-refractivity contribution is -0.145. The zero-order chi connectivity index (χ0) is 15.3. The van der Waals surface area contributed by atoms with E-state index in [2.05, 4.69) is 5.32 Å². The normalized spacial score (nSPS) is 11.5. The first kappa shape index (κ1) is 15.4. The van der Waals surface area contributed by atoms with E-state index in [0.29, 0.717) is 5.56 Å². The van der Waals surface area contributed by atoms with Gasteiger partial charge in [0.15, 0.2) is 0 Å². The molecule has 1 aromatic carbocycles. The van der Waals surface area contributed by atoms with Crippen molar-refractivity contribution in [2.45, 2.75) is 19.4 Å². The first-order valence-electron chi connectivity index (χ1n) is 5.58. The number of carbonyl (C=O) groups excluding carboxylic acids is 1. The summed E-state index contributed by atoms with van der Waals surface area (Å²) in [7, 11) is 0. The Kier molecular flexibility index (Phi) is 5.01. The summed E-state index contributed by atoms with van der Waals surface area (Å²) in [6.07, 6.45) is -0.759. The summed E-state index contributed by atoms with van der Waals surface area (Å²) < 4.78 is 13.2. The molecule has 0 spiro atoms. The standard InChI is InChI=1S/C12H13FN2O5/c1-6-2-3-7(4-8(6)13)14-12(20)15-9(11(18)19)5-10(16)17/h2-4,9H,5H2,1H3,(H,16,17)(H,18,19)(H2,14,15,20). The number of carbonyl (C=O) groups is 3. The molecule has 1 rings (SSSR count). The summed E-state index contributed by atoms with van der Waals surface area (Å²) in [6.45, 7) is 1.55. The average Bonchev–Trinajstić information content (AvgIpc) is 2.32. The molecule has 0 aliphatic heterocycles. The number of aliphatic carboxylic acids is 2. The van der Waals surface area contributed by atoms with Crippen LogP contribution in [0.5, 0.6) is 0 Å². The maximum absolute atomic E-state index is 13.2. The fourth-order valence-electron chi connectivity index (χ4n) is 1.37. The Labute approximate surface area is 113 Å². The van der Waals surface area contributed by atoms with Gasteiger partial charge in [-0.05, 0) is 24.6 Å². The van der Waals surface area contributed by atoms with Crippen molar-refractivity contribution in [2.75, 3.05) is 5.32 Å². The lowest BCUT2D eigenvalue weighted by atomic mass is 10.2. The molecule has 0 fully saturated rings. The number of hydrogen-bond acceptors (Lipinski definition) is 3. The van der Waals surface area contributed by atoms with Crippen molar-refractivity contribution in [1.82, 2.24) is 5.32 Å². The second kappa shape index (κ2) is 6.50. The van der Waals surface area contributed by atoms with Gasteiger partial charge in [-0.3, -0.25) is 4.79 Å². The molecule has 1 aromatic rings. The number of carboxylic acid groups (broad SMARTS) is 2. The molecule has 0 radical (unpaired) electrons. The Morgan fingerprint density at radius 2 is 1.95 bits per heavy atom. The van der Waals surface area contributed by atoms with Crippen LogP contribution >= 0.6 is 0 Å². The summed E-state index contributed by atoms with van der Waals surface area (Å²) in [5.74, 6) is -3.36. The van der Waals surface area contributed by atoms with Gasteiger partial charge in [0.05, 0.1) is 6.42 Å². The molecule has 1 atom stereocenters. The number of aryl methyl sites for hydroxylation is 1. The van der Waals surface area contributed by atoms with E-state index in [1.54, 1.807) is 6.92 Å². The molecule has 4 N–H and O–H groups in total. The molecule has 2 amide bonds. The Hall–Kier alpha value is -2.64. The van der Waals surface area contributed by atoms with E-state index < -0.39 is 36.2 Å². The van der Waals surface area contributed by atoms with Crippen molar-refractivity contribution in [3.63, 3.8) is 0 Å². The predicted octanol–water partition coefficient (Wildman–Crippen LogP) is 1.18. The van der Waals surface area contributed by atoms with Gasteiger partial charge in [0.25, 0.3) is 0 Å². The van der Waals surface area contributed by atoms with Crippen LogP contribution < -0.4 is 10.6 Å². The third-order valence-corrected chi connectivity index (χ3v) is 2.41. The number of rotatable bonds is 5. The van der Waals surface area contributed by atoms with Crippen molar-refractivity contribution in [2.24, 2.45) is 0 Å². The first-order valence-corrected chi connectivity index (χ1v) is 5.58. The second-order valence-electron chi connectivity index (χ2n) is 4.05. The molecule has 1 unspecified atom stereocenters. The summed E-state index contributed by atoms with van der Waals surface area (Å²) >= 11 is 0. The lowest BCUT2D eigenvalue weighted by Crippen LogP contribution is -2.44. The fraction of sp³-hybridized carbons (Fsp3) is 0.250. The zero-order valence-corrected chi connectivity index (χ0v) is 10.5. The number of hydrogen-bond donors (Lipinski definition) is 4. The number of carboxylic acids is 2. The largest absolute Gasteiger partial charge is 0.481 e. The molecule has 0 bridgehead atoms. The third-order valence-electron chi connectivity index (χ3n) is 2.41. The molecule has 0 saturated heterocycles. The van der Waals surface area contributed by atoms with Gasteiger partial charge in [-0.1, -0.05) is 6.07 Å². The smallest absolute Gasteiger partial charge is 0.326 e. The van der Waals surface area contributed by atoms with Crippen LogP contribution in [-0.4, -0.2) is 34.2 Å². The molecule has 0 aliphatic rings.